The highest BCUT2D eigenvalue weighted by Gasteiger charge is 2.66. The molecule has 3 aliphatic rings. The quantitative estimate of drug-likeness (QED) is 0.140. The fraction of sp³-hybridized carbons (Fsp3) is 0.298. The minimum absolute atomic E-state index is 0.0569. The summed E-state index contributed by atoms with van der Waals surface area (Å²) in [4.78, 5) is 46.3. The normalized spacial score (nSPS) is 22.5. The zero-order valence-corrected chi connectivity index (χ0v) is 34.9. The van der Waals surface area contributed by atoms with E-state index in [1.54, 1.807) is 35.1 Å². The van der Waals surface area contributed by atoms with Gasteiger partial charge in [0.1, 0.15) is 5.75 Å². The number of fused-ring (bicyclic) bond motifs is 3. The molecule has 0 aliphatic carbocycles. The highest BCUT2D eigenvalue weighted by Crippen LogP contribution is 2.60. The fourth-order valence-corrected chi connectivity index (χ4v) is 13.8. The molecule has 58 heavy (non-hydrogen) atoms. The van der Waals surface area contributed by atoms with Gasteiger partial charge in [-0.25, -0.2) is 0 Å². The van der Waals surface area contributed by atoms with Crippen LogP contribution in [0.1, 0.15) is 46.0 Å². The van der Waals surface area contributed by atoms with E-state index in [2.05, 4.69) is 43.5 Å². The standard InChI is InChI=1S/C47H48ClN3O6Si/c1-30-44(58(3,4)39-21-19-38(56-2)20-22-39)42(26-43(53)50-28-34-13-9-8-12-33(34)24-37(50)29-52)57-47(30)40-25-35(48)16-23-41(40)51(46(47)55)27-31-14-17-36(18-15-31)49-45(54)32-10-6-5-7-11-32/h5-23,25,30,37,42,44,52H,24,26-29H2,1-4H3,(H,49,54)/t30-,37+,42+,44-,47+/m1/s1. The van der Waals surface area contributed by atoms with Crippen LogP contribution in [0.2, 0.25) is 23.7 Å². The molecule has 8 rings (SSSR count). The number of rotatable bonds is 10. The molecular formula is C47H48ClN3O6Si. The lowest BCUT2D eigenvalue weighted by molar-refractivity contribution is -0.151. The van der Waals surface area contributed by atoms with Gasteiger partial charge >= 0.3 is 0 Å². The number of methoxy groups -OCH3 is 1. The first-order chi connectivity index (χ1) is 27.9. The molecule has 3 heterocycles. The number of nitrogens with one attached hydrogen (secondary N) is 1. The van der Waals surface area contributed by atoms with Crippen LogP contribution in [0.5, 0.6) is 5.75 Å². The molecule has 0 unspecified atom stereocenters. The summed E-state index contributed by atoms with van der Waals surface area (Å²) in [5, 5.41) is 15.1. The Morgan fingerprint density at radius 3 is 2.31 bits per heavy atom. The first kappa shape index (κ1) is 39.6. The Bertz CT molecular complexity index is 2340. The molecule has 11 heteroatoms. The number of carbonyl (C=O) groups is 3. The predicted octanol–water partition coefficient (Wildman–Crippen LogP) is 7.70. The van der Waals surface area contributed by atoms with Crippen LogP contribution in [0.25, 0.3) is 0 Å². The Kier molecular flexibility index (Phi) is 10.8. The lowest BCUT2D eigenvalue weighted by atomic mass is 9.82. The molecule has 0 saturated carbocycles. The number of benzene rings is 5. The van der Waals surface area contributed by atoms with Gasteiger partial charge in [0.2, 0.25) is 5.91 Å². The number of ether oxygens (including phenoxy) is 2. The molecule has 0 radical (unpaired) electrons. The van der Waals surface area contributed by atoms with Crippen molar-refractivity contribution in [3.05, 3.63) is 154 Å². The van der Waals surface area contributed by atoms with Crippen LogP contribution in [0.4, 0.5) is 11.4 Å². The van der Waals surface area contributed by atoms with Gasteiger partial charge in [0.05, 0.1) is 52.6 Å². The molecule has 5 atom stereocenters. The van der Waals surface area contributed by atoms with Crippen molar-refractivity contribution in [3.8, 4) is 5.75 Å². The topological polar surface area (TPSA) is 108 Å². The molecular weight excluding hydrogens is 766 g/mol. The minimum Gasteiger partial charge on any atom is -0.497 e. The van der Waals surface area contributed by atoms with E-state index in [0.29, 0.717) is 40.5 Å². The number of amides is 3. The van der Waals surface area contributed by atoms with Gasteiger partial charge in [-0.2, -0.15) is 0 Å². The predicted molar refractivity (Wildman–Crippen MR) is 229 cm³/mol. The van der Waals surface area contributed by atoms with Gasteiger partial charge in [0, 0.05) is 34.3 Å². The van der Waals surface area contributed by atoms with Gasteiger partial charge in [0.15, 0.2) is 5.60 Å². The number of hydrogen-bond acceptors (Lipinski definition) is 6. The molecule has 3 aliphatic heterocycles. The summed E-state index contributed by atoms with van der Waals surface area (Å²) in [7, 11) is -0.899. The van der Waals surface area contributed by atoms with Gasteiger partial charge in [-0.3, -0.25) is 14.4 Å². The molecule has 3 amide bonds. The Morgan fingerprint density at radius 1 is 0.931 bits per heavy atom. The molecule has 298 valence electrons. The van der Waals surface area contributed by atoms with Crippen LogP contribution >= 0.6 is 11.6 Å². The third kappa shape index (κ3) is 7.02. The summed E-state index contributed by atoms with van der Waals surface area (Å²) in [6.07, 6.45) is 0.0203. The average Bonchev–Trinajstić information content (AvgIpc) is 3.66. The second-order valence-electron chi connectivity index (χ2n) is 16.3. The van der Waals surface area contributed by atoms with Gasteiger partial charge in [-0.15, -0.1) is 0 Å². The van der Waals surface area contributed by atoms with E-state index in [9.17, 15) is 14.7 Å². The Morgan fingerprint density at radius 2 is 1.62 bits per heavy atom. The molecule has 1 fully saturated rings. The van der Waals surface area contributed by atoms with Crippen LogP contribution in [-0.2, 0) is 39.4 Å². The molecule has 0 bridgehead atoms. The van der Waals surface area contributed by atoms with E-state index in [-0.39, 0.29) is 54.8 Å². The van der Waals surface area contributed by atoms with E-state index >= 15 is 4.79 Å². The minimum atomic E-state index is -2.55. The third-order valence-corrected chi connectivity index (χ3v) is 17.2. The number of hydrogen-bond donors (Lipinski definition) is 2. The number of nitrogens with zero attached hydrogens (tertiary/aromatic N) is 2. The number of aliphatic hydroxyl groups excluding tert-OH is 1. The van der Waals surface area contributed by atoms with Crippen molar-refractivity contribution in [2.45, 2.75) is 69.2 Å². The smallest absolute Gasteiger partial charge is 0.264 e. The van der Waals surface area contributed by atoms with Crippen LogP contribution < -0.4 is 20.1 Å². The zero-order chi connectivity index (χ0) is 40.8. The van der Waals surface area contributed by atoms with Crippen LogP contribution in [0.3, 0.4) is 0 Å². The third-order valence-electron chi connectivity index (χ3n) is 12.6. The van der Waals surface area contributed by atoms with E-state index in [0.717, 1.165) is 27.6 Å². The van der Waals surface area contributed by atoms with Crippen molar-refractivity contribution in [2.24, 2.45) is 5.92 Å². The molecule has 5 aromatic rings. The van der Waals surface area contributed by atoms with Gasteiger partial charge in [0.25, 0.3) is 11.8 Å². The maximum absolute atomic E-state index is 15.3. The van der Waals surface area contributed by atoms with Crippen LogP contribution in [0, 0.1) is 5.92 Å². The highest BCUT2D eigenvalue weighted by molar-refractivity contribution is 6.91. The van der Waals surface area contributed by atoms with Crippen molar-refractivity contribution in [3.63, 3.8) is 0 Å². The van der Waals surface area contributed by atoms with Gasteiger partial charge < -0.3 is 29.7 Å². The Hall–Kier alpha value is -5.26. The summed E-state index contributed by atoms with van der Waals surface area (Å²) < 4.78 is 12.8. The van der Waals surface area contributed by atoms with Gasteiger partial charge in [-0.05, 0) is 83.2 Å². The second-order valence-corrected chi connectivity index (χ2v) is 21.4. The number of aliphatic hydroxyl groups is 1. The first-order valence-electron chi connectivity index (χ1n) is 19.8. The first-order valence-corrected chi connectivity index (χ1v) is 23.3. The summed E-state index contributed by atoms with van der Waals surface area (Å²) in [6.45, 7) is 7.18. The van der Waals surface area contributed by atoms with Crippen molar-refractivity contribution < 1.29 is 29.0 Å². The average molecular weight is 814 g/mol. The molecule has 9 nitrogen and oxygen atoms in total. The summed E-state index contributed by atoms with van der Waals surface area (Å²) in [5.74, 6) is -0.0950. The van der Waals surface area contributed by atoms with E-state index in [1.807, 2.05) is 84.9 Å². The lowest BCUT2D eigenvalue weighted by Gasteiger charge is -2.39. The summed E-state index contributed by atoms with van der Waals surface area (Å²) in [6, 6.07) is 37.9. The van der Waals surface area contributed by atoms with Crippen molar-refractivity contribution in [1.29, 1.82) is 0 Å². The monoisotopic (exact) mass is 813 g/mol. The second kappa shape index (κ2) is 15.8. The largest absolute Gasteiger partial charge is 0.497 e. The van der Waals surface area contributed by atoms with E-state index < -0.39 is 19.8 Å². The highest BCUT2D eigenvalue weighted by atomic mass is 35.5. The lowest BCUT2D eigenvalue weighted by Crippen LogP contribution is -2.52. The number of halogens is 1. The molecule has 0 aromatic heterocycles. The SMILES string of the molecule is COc1ccc([Si](C)(C)[C@H]2[C@H](CC(=O)N3Cc4ccccc4C[C@H]3CO)O[C@@]3(C(=O)N(Cc4ccc(NC(=O)c5ccccc5)cc4)c4ccc(Cl)cc43)[C@@H]2C)cc1. The maximum Gasteiger partial charge on any atom is 0.264 e. The summed E-state index contributed by atoms with van der Waals surface area (Å²) in [5.41, 5.74) is 4.12. The molecule has 1 spiro atoms. The zero-order valence-electron chi connectivity index (χ0n) is 33.2. The number of carbonyl (C=O) groups excluding carboxylic acids is 3. The van der Waals surface area contributed by atoms with Crippen molar-refractivity contribution in [1.82, 2.24) is 4.90 Å². The summed E-state index contributed by atoms with van der Waals surface area (Å²) >= 11 is 6.73. The maximum atomic E-state index is 15.3. The van der Waals surface area contributed by atoms with Crippen molar-refractivity contribution in [2.75, 3.05) is 23.9 Å². The van der Waals surface area contributed by atoms with Crippen LogP contribution in [0.15, 0.2) is 121 Å². The van der Waals surface area contributed by atoms with E-state index in [1.165, 1.54) is 0 Å². The molecule has 5 aromatic carbocycles. The number of anilines is 2. The Labute approximate surface area is 345 Å². The fourth-order valence-electron chi connectivity index (χ4n) is 9.64. The van der Waals surface area contributed by atoms with Gasteiger partial charge in [-0.1, -0.05) is 104 Å². The molecule has 1 saturated heterocycles. The van der Waals surface area contributed by atoms with E-state index in [4.69, 9.17) is 21.1 Å². The Balaban J connectivity index is 1.13. The molecule has 2 N–H and O–H groups in total. The van der Waals surface area contributed by atoms with Crippen molar-refractivity contribution >= 4 is 54.0 Å². The van der Waals surface area contributed by atoms with Crippen LogP contribution in [-0.4, -0.2) is 61.7 Å².